The molecular formula is C3H5NOS. The predicted molar refractivity (Wildman–Crippen MR) is 23.3 cm³/mol. The highest BCUT2D eigenvalue weighted by Crippen LogP contribution is 2.37. The summed E-state index contributed by atoms with van der Waals surface area (Å²) >= 11 is 0. The van der Waals surface area contributed by atoms with Crippen LogP contribution in [0.15, 0.2) is 0 Å². The lowest BCUT2D eigenvalue weighted by atomic mass is 10.3. The number of fused-ring (bicyclic) bond motifs is 1. The molecule has 6 heavy (non-hydrogen) atoms. The van der Waals surface area contributed by atoms with Gasteiger partial charge in [-0.05, 0) is 6.42 Å². The van der Waals surface area contributed by atoms with E-state index in [1.54, 1.807) is 0 Å². The number of hydrogen-bond donors (Lipinski definition) is 0. The largest absolute Gasteiger partial charge is 0.241 e. The van der Waals surface area contributed by atoms with Crippen LogP contribution in [0, 0.1) is 0 Å². The summed E-state index contributed by atoms with van der Waals surface area (Å²) in [7, 11) is -0.506. The fraction of sp³-hybridized carbons (Fsp3) is 1.00. The molecule has 0 saturated carbocycles. The molecule has 2 aliphatic heterocycles. The van der Waals surface area contributed by atoms with Gasteiger partial charge in [-0.3, -0.25) is 0 Å². The van der Waals surface area contributed by atoms with Gasteiger partial charge in [0.25, 0.3) is 0 Å². The Bertz CT molecular complexity index is 101. The van der Waals surface area contributed by atoms with Crippen molar-refractivity contribution in [2.24, 2.45) is 0 Å². The van der Waals surface area contributed by atoms with Gasteiger partial charge in [0.15, 0.2) is 0 Å². The Morgan fingerprint density at radius 3 is 2.50 bits per heavy atom. The summed E-state index contributed by atoms with van der Waals surface area (Å²) in [4.78, 5) is 0. The zero-order chi connectivity index (χ0) is 4.15. The van der Waals surface area contributed by atoms with Crippen molar-refractivity contribution in [1.29, 1.82) is 0 Å². The molecule has 3 heteroatoms. The molecule has 2 fully saturated rings. The average molecular weight is 103 g/mol. The standard InChI is InChI=1S/C3H5NOS/c5-6-3-1-2-4(3)6/h3H,1-2H2. The molecule has 0 aliphatic carbocycles. The molecule has 34 valence electrons. The molecule has 3 unspecified atom stereocenters. The lowest BCUT2D eigenvalue weighted by molar-refractivity contribution is 0.395. The Labute approximate surface area is 38.7 Å². The van der Waals surface area contributed by atoms with Crippen molar-refractivity contribution < 1.29 is 4.21 Å². The third kappa shape index (κ3) is 0.174. The maximum Gasteiger partial charge on any atom is 0.114 e. The monoisotopic (exact) mass is 103 g/mol. The summed E-state index contributed by atoms with van der Waals surface area (Å²) in [6.07, 6.45) is 1.17. The molecule has 0 aromatic rings. The van der Waals surface area contributed by atoms with Crippen LogP contribution in [0.4, 0.5) is 0 Å². The Morgan fingerprint density at radius 1 is 1.83 bits per heavy atom. The molecule has 2 rings (SSSR count). The van der Waals surface area contributed by atoms with E-state index < -0.39 is 11.0 Å². The molecule has 0 amide bonds. The smallest absolute Gasteiger partial charge is 0.114 e. The van der Waals surface area contributed by atoms with Gasteiger partial charge in [0.2, 0.25) is 0 Å². The van der Waals surface area contributed by atoms with E-state index in [4.69, 9.17) is 0 Å². The molecule has 2 aliphatic rings. The maximum absolute atomic E-state index is 10.3. The van der Waals surface area contributed by atoms with Crippen molar-refractivity contribution in [3.63, 3.8) is 0 Å². The van der Waals surface area contributed by atoms with Gasteiger partial charge in [-0.25, -0.2) is 8.51 Å². The van der Waals surface area contributed by atoms with E-state index in [0.717, 1.165) is 6.54 Å². The van der Waals surface area contributed by atoms with Gasteiger partial charge in [-0.2, -0.15) is 0 Å². The van der Waals surface area contributed by atoms with Gasteiger partial charge in [-0.15, -0.1) is 0 Å². The van der Waals surface area contributed by atoms with Gasteiger partial charge < -0.3 is 0 Å². The van der Waals surface area contributed by atoms with E-state index in [0.29, 0.717) is 5.37 Å². The zero-order valence-corrected chi connectivity index (χ0v) is 4.07. The Kier molecular flexibility index (Phi) is 0.368. The minimum Gasteiger partial charge on any atom is -0.241 e. The van der Waals surface area contributed by atoms with E-state index >= 15 is 0 Å². The molecule has 0 aromatic heterocycles. The summed E-state index contributed by atoms with van der Waals surface area (Å²) in [5.74, 6) is 0. The van der Waals surface area contributed by atoms with Crippen molar-refractivity contribution in [1.82, 2.24) is 4.31 Å². The summed E-state index contributed by atoms with van der Waals surface area (Å²) < 4.78 is 12.3. The van der Waals surface area contributed by atoms with Gasteiger partial charge in [0, 0.05) is 6.54 Å². The molecule has 0 spiro atoms. The van der Waals surface area contributed by atoms with Crippen LogP contribution in [0.3, 0.4) is 0 Å². The second kappa shape index (κ2) is 0.699. The molecule has 2 nitrogen and oxygen atoms in total. The van der Waals surface area contributed by atoms with Crippen molar-refractivity contribution >= 4 is 11.0 Å². The molecular weight excluding hydrogens is 98.1 g/mol. The first-order chi connectivity index (χ1) is 2.89. The minimum absolute atomic E-state index is 0.505. The highest BCUT2D eigenvalue weighted by atomic mass is 32.2. The summed E-state index contributed by atoms with van der Waals surface area (Å²) in [6.45, 7) is 1.08. The molecule has 2 heterocycles. The Balaban J connectivity index is 2.29. The zero-order valence-electron chi connectivity index (χ0n) is 3.26. The van der Waals surface area contributed by atoms with Crippen molar-refractivity contribution in [2.75, 3.05) is 6.54 Å². The highest BCUT2D eigenvalue weighted by molar-refractivity contribution is 7.90. The summed E-state index contributed by atoms with van der Waals surface area (Å²) in [5.41, 5.74) is 0. The Hall–Kier alpha value is 0.110. The number of hydrogen-bond acceptors (Lipinski definition) is 1. The predicted octanol–water partition coefficient (Wildman–Crippen LogP) is -0.304. The fourth-order valence-electron chi connectivity index (χ4n) is 0.738. The van der Waals surface area contributed by atoms with Crippen LogP contribution >= 0.6 is 0 Å². The van der Waals surface area contributed by atoms with Gasteiger partial charge >= 0.3 is 0 Å². The third-order valence-electron chi connectivity index (χ3n) is 1.34. The van der Waals surface area contributed by atoms with Crippen molar-refractivity contribution in [2.45, 2.75) is 11.8 Å². The first kappa shape index (κ1) is 3.16. The number of rotatable bonds is 0. The maximum atomic E-state index is 10.3. The lowest BCUT2D eigenvalue weighted by Gasteiger charge is -2.03. The number of nitrogens with zero attached hydrogens (tertiary/aromatic N) is 1. The molecule has 3 atom stereocenters. The van der Waals surface area contributed by atoms with Crippen LogP contribution in [0.25, 0.3) is 0 Å². The van der Waals surface area contributed by atoms with Crippen molar-refractivity contribution in [3.8, 4) is 0 Å². The lowest BCUT2D eigenvalue weighted by Crippen LogP contribution is -2.16. The summed E-state index contributed by atoms with van der Waals surface area (Å²) in [6, 6.07) is 0. The van der Waals surface area contributed by atoms with Crippen LogP contribution in [0.5, 0.6) is 0 Å². The first-order valence-electron chi connectivity index (χ1n) is 2.07. The van der Waals surface area contributed by atoms with Crippen LogP contribution in [-0.2, 0) is 11.0 Å². The topological polar surface area (TPSA) is 20.1 Å². The average Bonchev–Trinajstić information content (AvgIpc) is 1.63. The van der Waals surface area contributed by atoms with E-state index in [2.05, 4.69) is 0 Å². The fourth-order valence-corrected chi connectivity index (χ4v) is 2.06. The summed E-state index contributed by atoms with van der Waals surface area (Å²) in [5, 5.41) is 0.505. The first-order valence-corrected chi connectivity index (χ1v) is 3.24. The Morgan fingerprint density at radius 2 is 2.50 bits per heavy atom. The van der Waals surface area contributed by atoms with Crippen molar-refractivity contribution in [3.05, 3.63) is 0 Å². The molecule has 0 radical (unpaired) electrons. The van der Waals surface area contributed by atoms with E-state index in [1.165, 1.54) is 6.42 Å². The van der Waals surface area contributed by atoms with E-state index in [-0.39, 0.29) is 0 Å². The van der Waals surface area contributed by atoms with Gasteiger partial charge in [0.1, 0.15) is 16.4 Å². The molecule has 0 bridgehead atoms. The SMILES string of the molecule is O=S1C2CCN21. The molecule has 0 aromatic carbocycles. The van der Waals surface area contributed by atoms with Crippen LogP contribution < -0.4 is 0 Å². The second-order valence-corrected chi connectivity index (χ2v) is 3.23. The van der Waals surface area contributed by atoms with E-state index in [1.807, 2.05) is 4.31 Å². The highest BCUT2D eigenvalue weighted by Gasteiger charge is 2.52. The minimum atomic E-state index is -0.506. The van der Waals surface area contributed by atoms with Crippen LogP contribution in [-0.4, -0.2) is 20.4 Å². The van der Waals surface area contributed by atoms with Gasteiger partial charge in [0.05, 0.1) is 0 Å². The van der Waals surface area contributed by atoms with E-state index in [9.17, 15) is 4.21 Å². The van der Waals surface area contributed by atoms with Crippen LogP contribution in [0.2, 0.25) is 0 Å². The quantitative estimate of drug-likeness (QED) is 0.385. The molecule has 0 N–H and O–H groups in total. The van der Waals surface area contributed by atoms with Crippen LogP contribution in [0.1, 0.15) is 6.42 Å². The normalized spacial score (nSPS) is 62.3. The molecule has 2 saturated heterocycles. The van der Waals surface area contributed by atoms with Gasteiger partial charge in [-0.1, -0.05) is 0 Å². The second-order valence-electron chi connectivity index (χ2n) is 1.66. The third-order valence-corrected chi connectivity index (χ3v) is 2.97.